The lowest BCUT2D eigenvalue weighted by Crippen LogP contribution is -2.39. The number of esters is 1. The molecule has 6 nitrogen and oxygen atoms in total. The van der Waals surface area contributed by atoms with Gasteiger partial charge in [-0.05, 0) is 48.4 Å². The second kappa shape index (κ2) is 11.0. The van der Waals surface area contributed by atoms with Gasteiger partial charge in [0.2, 0.25) is 0 Å². The molecule has 1 aromatic heterocycles. The summed E-state index contributed by atoms with van der Waals surface area (Å²) in [5.74, 6) is 0.114. The van der Waals surface area contributed by atoms with Gasteiger partial charge < -0.3 is 9.47 Å². The van der Waals surface area contributed by atoms with Crippen LogP contribution in [0.4, 0.5) is 0 Å². The number of nitrogens with zero attached hydrogens (tertiary/aromatic N) is 2. The smallest absolute Gasteiger partial charge is 0.338 e. The minimum Gasteiger partial charge on any atom is -0.489 e. The highest BCUT2D eigenvalue weighted by Gasteiger charge is 2.32. The first-order chi connectivity index (χ1) is 18.4. The molecule has 3 aromatic carbocycles. The van der Waals surface area contributed by atoms with Crippen LogP contribution < -0.4 is 19.6 Å². The van der Waals surface area contributed by atoms with E-state index in [2.05, 4.69) is 4.99 Å². The Hall–Kier alpha value is -3.65. The molecule has 0 saturated heterocycles. The first-order valence-electron chi connectivity index (χ1n) is 11.7. The molecule has 1 atom stereocenters. The Kier molecular flexibility index (Phi) is 7.51. The lowest BCUT2D eigenvalue weighted by molar-refractivity contribution is -0.136. The predicted molar refractivity (Wildman–Crippen MR) is 149 cm³/mol. The van der Waals surface area contributed by atoms with Gasteiger partial charge >= 0.3 is 5.97 Å². The van der Waals surface area contributed by atoms with Crippen LogP contribution in [-0.4, -0.2) is 17.6 Å². The van der Waals surface area contributed by atoms with E-state index >= 15 is 0 Å². The van der Waals surface area contributed by atoms with Gasteiger partial charge in [-0.25, -0.2) is 9.79 Å². The molecule has 0 unspecified atom stereocenters. The number of carbonyl (C=O) groups excluding carboxylic acids is 1. The fourth-order valence-electron chi connectivity index (χ4n) is 4.29. The van der Waals surface area contributed by atoms with Crippen LogP contribution in [-0.2, 0) is 16.1 Å². The largest absolute Gasteiger partial charge is 0.489 e. The second-order valence-corrected chi connectivity index (χ2v) is 10.4. The standard InChI is InChI=1S/C29H22Cl2N2O4S/c1-17-25(28(35)36-2)26(19-8-4-3-5-9-19)33-27(34)24(38-29(33)32-17)14-18-7-6-10-22(13-18)37-16-20-11-12-21(30)15-23(20)31/h3-15,26H,16H2,1-2H3/b24-14-/t26-/m0/s1. The molecule has 0 fully saturated rings. The monoisotopic (exact) mass is 564 g/mol. The number of allylic oxidation sites excluding steroid dienone is 1. The van der Waals surface area contributed by atoms with Gasteiger partial charge in [0.05, 0.1) is 29.0 Å². The number of thiazole rings is 1. The summed E-state index contributed by atoms with van der Waals surface area (Å²) in [6.07, 6.45) is 1.80. The molecular formula is C29H22Cl2N2O4S. The molecule has 0 N–H and O–H groups in total. The summed E-state index contributed by atoms with van der Waals surface area (Å²) in [6.45, 7) is 2.03. The first-order valence-corrected chi connectivity index (χ1v) is 13.3. The lowest BCUT2D eigenvalue weighted by Gasteiger charge is -2.24. The molecular weight excluding hydrogens is 543 g/mol. The molecule has 38 heavy (non-hydrogen) atoms. The summed E-state index contributed by atoms with van der Waals surface area (Å²) in [5, 5.41) is 1.09. The van der Waals surface area contributed by atoms with E-state index in [9.17, 15) is 9.59 Å². The SMILES string of the molecule is COC(=O)C1=C(C)N=c2s/c(=C\c3cccc(OCc4ccc(Cl)cc4Cl)c3)c(=O)n2[C@H]1c1ccccc1. The number of fused-ring (bicyclic) bond motifs is 1. The molecule has 0 bridgehead atoms. The Balaban J connectivity index is 1.52. The third-order valence-electron chi connectivity index (χ3n) is 6.11. The van der Waals surface area contributed by atoms with Crippen LogP contribution in [0.3, 0.4) is 0 Å². The summed E-state index contributed by atoms with van der Waals surface area (Å²) in [5.41, 5.74) is 3.02. The molecule has 4 aromatic rings. The average molecular weight is 565 g/mol. The Labute approximate surface area is 232 Å². The van der Waals surface area contributed by atoms with Crippen molar-refractivity contribution < 1.29 is 14.3 Å². The Morgan fingerprint density at radius 1 is 1.08 bits per heavy atom. The average Bonchev–Trinajstić information content (AvgIpc) is 3.21. The number of halogens is 2. The second-order valence-electron chi connectivity index (χ2n) is 8.58. The van der Waals surface area contributed by atoms with E-state index < -0.39 is 12.0 Å². The zero-order valence-corrected chi connectivity index (χ0v) is 22.8. The van der Waals surface area contributed by atoms with Crippen LogP contribution in [0.15, 0.2) is 93.9 Å². The van der Waals surface area contributed by atoms with Crippen LogP contribution in [0.2, 0.25) is 10.0 Å². The Morgan fingerprint density at radius 2 is 1.87 bits per heavy atom. The van der Waals surface area contributed by atoms with Crippen molar-refractivity contribution in [1.29, 1.82) is 0 Å². The number of aromatic nitrogens is 1. The predicted octanol–water partition coefficient (Wildman–Crippen LogP) is 5.29. The van der Waals surface area contributed by atoms with Crippen LogP contribution in [0.1, 0.15) is 29.7 Å². The van der Waals surface area contributed by atoms with Crippen molar-refractivity contribution in [3.63, 3.8) is 0 Å². The van der Waals surface area contributed by atoms with Crippen LogP contribution >= 0.6 is 34.5 Å². The number of ether oxygens (including phenoxy) is 2. The van der Waals surface area contributed by atoms with Crippen molar-refractivity contribution in [2.24, 2.45) is 4.99 Å². The van der Waals surface area contributed by atoms with Crippen molar-refractivity contribution in [3.05, 3.63) is 130 Å². The third kappa shape index (κ3) is 5.18. The zero-order chi connectivity index (χ0) is 26.8. The molecule has 2 heterocycles. The minimum atomic E-state index is -0.638. The van der Waals surface area contributed by atoms with Gasteiger partial charge in [0, 0.05) is 15.6 Å². The van der Waals surface area contributed by atoms with Gasteiger partial charge in [-0.15, -0.1) is 0 Å². The van der Waals surface area contributed by atoms with E-state index in [4.69, 9.17) is 32.7 Å². The number of hydrogen-bond donors (Lipinski definition) is 0. The molecule has 0 amide bonds. The Bertz CT molecular complexity index is 1740. The fourth-order valence-corrected chi connectivity index (χ4v) is 5.80. The van der Waals surface area contributed by atoms with Crippen LogP contribution in [0.5, 0.6) is 5.75 Å². The van der Waals surface area contributed by atoms with Crippen LogP contribution in [0, 0.1) is 0 Å². The van der Waals surface area contributed by atoms with E-state index in [0.717, 1.165) is 16.7 Å². The topological polar surface area (TPSA) is 69.9 Å². The molecule has 0 saturated carbocycles. The summed E-state index contributed by atoms with van der Waals surface area (Å²) < 4.78 is 13.0. The van der Waals surface area contributed by atoms with Gasteiger partial charge in [0.1, 0.15) is 12.4 Å². The van der Waals surface area contributed by atoms with Crippen molar-refractivity contribution in [1.82, 2.24) is 4.57 Å². The third-order valence-corrected chi connectivity index (χ3v) is 7.68. The summed E-state index contributed by atoms with van der Waals surface area (Å²) in [4.78, 5) is 31.5. The maximum Gasteiger partial charge on any atom is 0.338 e. The molecule has 0 aliphatic carbocycles. The maximum atomic E-state index is 13.7. The zero-order valence-electron chi connectivity index (χ0n) is 20.5. The molecule has 1 aliphatic heterocycles. The van der Waals surface area contributed by atoms with Crippen molar-refractivity contribution in [3.8, 4) is 5.75 Å². The summed E-state index contributed by atoms with van der Waals surface area (Å²) in [6, 6.07) is 21.5. The van der Waals surface area contributed by atoms with Crippen molar-refractivity contribution >= 4 is 46.6 Å². The lowest BCUT2D eigenvalue weighted by atomic mass is 9.96. The maximum absolute atomic E-state index is 13.7. The normalized spacial score (nSPS) is 15.2. The molecule has 5 rings (SSSR count). The molecule has 1 aliphatic rings. The molecule has 0 radical (unpaired) electrons. The van der Waals surface area contributed by atoms with E-state index in [0.29, 0.717) is 36.4 Å². The highest BCUT2D eigenvalue weighted by Crippen LogP contribution is 2.30. The first kappa shape index (κ1) is 26.0. The highest BCUT2D eigenvalue weighted by molar-refractivity contribution is 7.07. The molecule has 9 heteroatoms. The van der Waals surface area contributed by atoms with E-state index in [1.54, 1.807) is 29.7 Å². The molecule has 0 spiro atoms. The van der Waals surface area contributed by atoms with E-state index in [-0.39, 0.29) is 12.2 Å². The van der Waals surface area contributed by atoms with Crippen molar-refractivity contribution in [2.75, 3.05) is 7.11 Å². The van der Waals surface area contributed by atoms with Gasteiger partial charge in [-0.3, -0.25) is 9.36 Å². The number of hydrogen-bond acceptors (Lipinski definition) is 6. The number of carbonyl (C=O) groups is 1. The fraction of sp³-hybridized carbons (Fsp3) is 0.138. The van der Waals surface area contributed by atoms with Gasteiger partial charge in [-0.2, -0.15) is 0 Å². The summed E-state index contributed by atoms with van der Waals surface area (Å²) in [7, 11) is 1.33. The molecule has 192 valence electrons. The Morgan fingerprint density at radius 3 is 2.61 bits per heavy atom. The van der Waals surface area contributed by atoms with Crippen LogP contribution in [0.25, 0.3) is 6.08 Å². The number of methoxy groups -OCH3 is 1. The number of benzene rings is 3. The minimum absolute atomic E-state index is 0.240. The van der Waals surface area contributed by atoms with Gasteiger partial charge in [0.25, 0.3) is 5.56 Å². The van der Waals surface area contributed by atoms with Crippen molar-refractivity contribution in [2.45, 2.75) is 19.6 Å². The van der Waals surface area contributed by atoms with Gasteiger partial charge in [0.15, 0.2) is 4.80 Å². The van der Waals surface area contributed by atoms with Gasteiger partial charge in [-0.1, -0.05) is 83.1 Å². The summed E-state index contributed by atoms with van der Waals surface area (Å²) >= 11 is 13.5. The highest BCUT2D eigenvalue weighted by atomic mass is 35.5. The van der Waals surface area contributed by atoms with E-state index in [1.807, 2.05) is 60.7 Å². The van der Waals surface area contributed by atoms with E-state index in [1.165, 1.54) is 18.4 Å². The number of rotatable bonds is 6. The quantitative estimate of drug-likeness (QED) is 0.298.